The first-order valence-corrected chi connectivity index (χ1v) is 12.5. The summed E-state index contributed by atoms with van der Waals surface area (Å²) in [5.74, 6) is -1.17. The summed E-state index contributed by atoms with van der Waals surface area (Å²) in [6.45, 7) is 0.361. The van der Waals surface area contributed by atoms with Crippen LogP contribution in [0.4, 0.5) is 0 Å². The summed E-state index contributed by atoms with van der Waals surface area (Å²) in [7, 11) is -3.85. The first-order valence-electron chi connectivity index (χ1n) is 10.6. The average molecular weight is 522 g/mol. The first-order chi connectivity index (χ1) is 15.7. The van der Waals surface area contributed by atoms with E-state index in [1.165, 1.54) is 24.3 Å². The topological polar surface area (TPSA) is 104 Å². The summed E-state index contributed by atoms with van der Waals surface area (Å²) in [5.41, 5.74) is 2.70. The lowest BCUT2D eigenvalue weighted by molar-refractivity contribution is 0.0696. The van der Waals surface area contributed by atoms with Crippen LogP contribution >= 0.6 is 24.0 Å². The summed E-state index contributed by atoms with van der Waals surface area (Å²) in [4.78, 5) is 11.3. The van der Waals surface area contributed by atoms with Gasteiger partial charge in [-0.15, -0.1) is 12.4 Å². The Morgan fingerprint density at radius 1 is 1.03 bits per heavy atom. The van der Waals surface area contributed by atoms with Gasteiger partial charge < -0.3 is 15.5 Å². The third-order valence-electron chi connectivity index (χ3n) is 5.94. The number of hydrogen-bond acceptors (Lipinski definition) is 5. The number of carbonyl (C=O) groups is 1. The molecule has 0 saturated heterocycles. The van der Waals surface area contributed by atoms with Crippen molar-refractivity contribution in [2.45, 2.75) is 41.2 Å². The van der Waals surface area contributed by atoms with Crippen LogP contribution in [0.25, 0.3) is 0 Å². The molecular weight excluding hydrogens is 497 g/mol. The van der Waals surface area contributed by atoms with E-state index in [1.807, 2.05) is 12.1 Å². The Labute approximate surface area is 209 Å². The lowest BCUT2D eigenvalue weighted by atomic mass is 9.88. The third kappa shape index (κ3) is 5.79. The number of carboxylic acid groups (broad SMARTS) is 1. The molecule has 2 atom stereocenters. The number of sulfone groups is 1. The monoisotopic (exact) mass is 521 g/mol. The predicted octanol–water partition coefficient (Wildman–Crippen LogP) is 4.47. The Kier molecular flexibility index (Phi) is 8.38. The highest BCUT2D eigenvalue weighted by Gasteiger charge is 2.24. The largest absolute Gasteiger partial charge is 0.478 e. The van der Waals surface area contributed by atoms with Gasteiger partial charge in [0.1, 0.15) is 0 Å². The molecule has 34 heavy (non-hydrogen) atoms. The number of halogens is 2. The van der Waals surface area contributed by atoms with E-state index in [0.717, 1.165) is 29.5 Å². The molecule has 3 aromatic rings. The van der Waals surface area contributed by atoms with Crippen LogP contribution in [0.2, 0.25) is 5.02 Å². The second-order valence-corrected chi connectivity index (χ2v) is 10.6. The maximum Gasteiger partial charge on any atom is 0.335 e. The Morgan fingerprint density at radius 2 is 1.76 bits per heavy atom. The smallest absolute Gasteiger partial charge is 0.335 e. The number of aliphatic hydroxyl groups is 1. The number of nitrogens with one attached hydrogen (secondary N) is 1. The van der Waals surface area contributed by atoms with E-state index in [2.05, 4.69) is 5.32 Å². The molecule has 0 fully saturated rings. The highest BCUT2D eigenvalue weighted by Crippen LogP contribution is 2.28. The molecule has 0 bridgehead atoms. The molecule has 0 radical (unpaired) electrons. The third-order valence-corrected chi connectivity index (χ3v) is 7.93. The zero-order valence-corrected chi connectivity index (χ0v) is 20.5. The van der Waals surface area contributed by atoms with Crippen LogP contribution < -0.4 is 5.32 Å². The van der Waals surface area contributed by atoms with E-state index >= 15 is 0 Å². The summed E-state index contributed by atoms with van der Waals surface area (Å²) in [6, 6.07) is 17.7. The van der Waals surface area contributed by atoms with Crippen LogP contribution in [-0.4, -0.2) is 37.2 Å². The number of rotatable bonds is 7. The van der Waals surface area contributed by atoms with Gasteiger partial charge in [-0.1, -0.05) is 35.9 Å². The molecule has 0 aromatic heterocycles. The van der Waals surface area contributed by atoms with Gasteiger partial charge in [0.2, 0.25) is 9.84 Å². The predicted molar refractivity (Wildman–Crippen MR) is 133 cm³/mol. The van der Waals surface area contributed by atoms with Crippen molar-refractivity contribution < 1.29 is 23.4 Å². The molecule has 0 heterocycles. The van der Waals surface area contributed by atoms with Crippen LogP contribution in [0.1, 0.15) is 39.6 Å². The Morgan fingerprint density at radius 3 is 2.50 bits per heavy atom. The van der Waals surface area contributed by atoms with Crippen LogP contribution in [0, 0.1) is 0 Å². The van der Waals surface area contributed by atoms with E-state index in [4.69, 9.17) is 11.6 Å². The van der Waals surface area contributed by atoms with Crippen molar-refractivity contribution in [1.82, 2.24) is 5.32 Å². The van der Waals surface area contributed by atoms with Gasteiger partial charge in [-0.3, -0.25) is 0 Å². The minimum atomic E-state index is -3.85. The Hall–Kier alpha value is -2.42. The van der Waals surface area contributed by atoms with Crippen LogP contribution in [0.15, 0.2) is 76.5 Å². The highest BCUT2D eigenvalue weighted by atomic mass is 35.5. The number of benzene rings is 3. The van der Waals surface area contributed by atoms with Gasteiger partial charge in [-0.05, 0) is 78.4 Å². The lowest BCUT2D eigenvalue weighted by Gasteiger charge is -2.27. The minimum absolute atomic E-state index is 0. The SMILES string of the molecule is Cl.O=C(O)c1cccc(S(=O)(=O)c2ccc3c(c2)C[C@@H](NC[C@@H](O)c2cccc(Cl)c2)CC3)c1. The molecule has 180 valence electrons. The zero-order valence-electron chi connectivity index (χ0n) is 18.1. The highest BCUT2D eigenvalue weighted by molar-refractivity contribution is 7.91. The van der Waals surface area contributed by atoms with Crippen molar-refractivity contribution in [2.75, 3.05) is 6.54 Å². The molecule has 1 aliphatic carbocycles. The van der Waals surface area contributed by atoms with Gasteiger partial charge in [0.05, 0.1) is 21.5 Å². The fraction of sp³-hybridized carbons (Fsp3) is 0.240. The molecule has 3 N–H and O–H groups in total. The summed E-state index contributed by atoms with van der Waals surface area (Å²) >= 11 is 6.00. The molecule has 0 aliphatic heterocycles. The molecule has 9 heteroatoms. The quantitative estimate of drug-likeness (QED) is 0.423. The van der Waals surface area contributed by atoms with E-state index in [1.54, 1.807) is 30.3 Å². The molecule has 0 amide bonds. The number of aromatic carboxylic acids is 1. The molecule has 1 aliphatic rings. The summed E-state index contributed by atoms with van der Waals surface area (Å²) in [5, 5.41) is 23.6. The molecule has 3 aromatic carbocycles. The normalized spacial score (nSPS) is 16.2. The minimum Gasteiger partial charge on any atom is -0.478 e. The number of fused-ring (bicyclic) bond motifs is 1. The molecular formula is C25H25Cl2NO5S. The van der Waals surface area contributed by atoms with Crippen molar-refractivity contribution in [3.05, 3.63) is 94.0 Å². The van der Waals surface area contributed by atoms with E-state index < -0.39 is 21.9 Å². The van der Waals surface area contributed by atoms with Gasteiger partial charge in [0.25, 0.3) is 0 Å². The number of carboxylic acids is 1. The molecule has 4 rings (SSSR count). The van der Waals surface area contributed by atoms with Crippen molar-refractivity contribution in [3.8, 4) is 0 Å². The fourth-order valence-electron chi connectivity index (χ4n) is 4.12. The van der Waals surface area contributed by atoms with E-state index in [9.17, 15) is 23.4 Å². The van der Waals surface area contributed by atoms with Gasteiger partial charge in [-0.25, -0.2) is 13.2 Å². The number of aliphatic hydroxyl groups excluding tert-OH is 1. The molecule has 0 spiro atoms. The standard InChI is InChI=1S/C25H24ClNO5S.ClH/c26-20-5-1-3-17(11-20)24(28)15-27-21-9-7-16-8-10-23(14-19(16)12-21)33(31,32)22-6-2-4-18(13-22)25(29)30;/h1-6,8,10-11,13-14,21,24,27-28H,7,9,12,15H2,(H,29,30);1H/t21-,24+;/m0./s1. The van der Waals surface area contributed by atoms with Crippen LogP contribution in [0.5, 0.6) is 0 Å². The second kappa shape index (κ2) is 10.9. The number of aryl methyl sites for hydroxylation is 1. The molecule has 0 saturated carbocycles. The van der Waals surface area contributed by atoms with Gasteiger partial charge >= 0.3 is 5.97 Å². The molecule has 0 unspecified atom stereocenters. The van der Waals surface area contributed by atoms with Crippen molar-refractivity contribution in [2.24, 2.45) is 0 Å². The maximum atomic E-state index is 13.1. The van der Waals surface area contributed by atoms with Crippen LogP contribution in [-0.2, 0) is 22.7 Å². The van der Waals surface area contributed by atoms with Crippen LogP contribution in [0.3, 0.4) is 0 Å². The molecule has 6 nitrogen and oxygen atoms in total. The Balaban J connectivity index is 0.00000324. The van der Waals surface area contributed by atoms with Crippen molar-refractivity contribution >= 4 is 39.8 Å². The zero-order chi connectivity index (χ0) is 23.6. The maximum absolute atomic E-state index is 13.1. The second-order valence-electron chi connectivity index (χ2n) is 8.19. The summed E-state index contributed by atoms with van der Waals surface area (Å²) < 4.78 is 26.2. The first kappa shape index (κ1) is 26.2. The van der Waals surface area contributed by atoms with Gasteiger partial charge in [0.15, 0.2) is 0 Å². The average Bonchev–Trinajstić information content (AvgIpc) is 2.82. The van der Waals surface area contributed by atoms with E-state index in [0.29, 0.717) is 18.0 Å². The summed E-state index contributed by atoms with van der Waals surface area (Å²) in [6.07, 6.45) is 1.62. The lowest BCUT2D eigenvalue weighted by Crippen LogP contribution is -2.37. The van der Waals surface area contributed by atoms with Gasteiger partial charge in [0, 0.05) is 17.6 Å². The number of hydrogen-bond donors (Lipinski definition) is 3. The Bertz CT molecular complexity index is 1300. The van der Waals surface area contributed by atoms with E-state index in [-0.39, 0.29) is 33.8 Å². The van der Waals surface area contributed by atoms with Crippen molar-refractivity contribution in [3.63, 3.8) is 0 Å². The fourth-order valence-corrected chi connectivity index (χ4v) is 5.67. The van der Waals surface area contributed by atoms with Gasteiger partial charge in [-0.2, -0.15) is 0 Å². The van der Waals surface area contributed by atoms with Crippen molar-refractivity contribution in [1.29, 1.82) is 0 Å².